The Hall–Kier alpha value is -2.22. The van der Waals surface area contributed by atoms with Gasteiger partial charge >= 0.3 is 5.97 Å². The second-order valence-corrected chi connectivity index (χ2v) is 5.79. The first kappa shape index (κ1) is 15.7. The van der Waals surface area contributed by atoms with Crippen molar-refractivity contribution in [3.8, 4) is 0 Å². The van der Waals surface area contributed by atoms with Crippen LogP contribution in [0.4, 0.5) is 5.82 Å². The molecule has 0 aliphatic carbocycles. The summed E-state index contributed by atoms with van der Waals surface area (Å²) in [6.07, 6.45) is 4.49. The van der Waals surface area contributed by atoms with E-state index < -0.39 is 5.97 Å². The number of aromatic nitrogens is 2. The Morgan fingerprint density at radius 3 is 2.61 bits per heavy atom. The lowest BCUT2D eigenvalue weighted by Gasteiger charge is -2.36. The number of carboxylic acids is 1. The molecule has 124 valence electrons. The molecule has 23 heavy (non-hydrogen) atoms. The molecule has 1 amide bonds. The molecule has 0 spiro atoms. The molecule has 0 bridgehead atoms. The number of carbonyl (C=O) groups excluding carboxylic acids is 1. The highest BCUT2D eigenvalue weighted by atomic mass is 16.5. The number of rotatable bonds is 3. The zero-order chi connectivity index (χ0) is 16.2. The number of ether oxygens (including phenoxy) is 1. The van der Waals surface area contributed by atoms with Gasteiger partial charge in [0.1, 0.15) is 5.82 Å². The highest BCUT2D eigenvalue weighted by molar-refractivity contribution is 5.85. The van der Waals surface area contributed by atoms with Crippen molar-refractivity contribution in [2.45, 2.75) is 12.8 Å². The number of aromatic carboxylic acids is 1. The van der Waals surface area contributed by atoms with Crippen LogP contribution in [0.1, 0.15) is 23.3 Å². The summed E-state index contributed by atoms with van der Waals surface area (Å²) in [6, 6.07) is 0. The second-order valence-electron chi connectivity index (χ2n) is 5.79. The molecule has 2 saturated heterocycles. The van der Waals surface area contributed by atoms with Crippen LogP contribution in [0.2, 0.25) is 0 Å². The monoisotopic (exact) mass is 320 g/mol. The average Bonchev–Trinajstić information content (AvgIpc) is 2.62. The largest absolute Gasteiger partial charge is 0.476 e. The lowest BCUT2D eigenvalue weighted by atomic mass is 9.96. The minimum Gasteiger partial charge on any atom is -0.476 e. The van der Waals surface area contributed by atoms with E-state index in [2.05, 4.69) is 9.97 Å². The van der Waals surface area contributed by atoms with Crippen LogP contribution in [0.25, 0.3) is 0 Å². The van der Waals surface area contributed by atoms with E-state index in [1.54, 1.807) is 0 Å². The quantitative estimate of drug-likeness (QED) is 0.853. The zero-order valence-electron chi connectivity index (χ0n) is 12.8. The molecular weight excluding hydrogens is 300 g/mol. The molecule has 2 aliphatic heterocycles. The third-order valence-corrected chi connectivity index (χ3v) is 4.27. The predicted molar refractivity (Wildman–Crippen MR) is 81.3 cm³/mol. The minimum absolute atomic E-state index is 0.0530. The lowest BCUT2D eigenvalue weighted by Crippen LogP contribution is -2.48. The Labute approximate surface area is 134 Å². The van der Waals surface area contributed by atoms with Gasteiger partial charge in [0.05, 0.1) is 31.5 Å². The maximum atomic E-state index is 12.6. The smallest absolute Gasteiger partial charge is 0.356 e. The van der Waals surface area contributed by atoms with Gasteiger partial charge in [-0.15, -0.1) is 0 Å². The summed E-state index contributed by atoms with van der Waals surface area (Å²) in [5.74, 6) is -0.353. The maximum Gasteiger partial charge on any atom is 0.356 e. The van der Waals surface area contributed by atoms with Crippen LogP contribution in [-0.2, 0) is 9.53 Å². The van der Waals surface area contributed by atoms with Crippen molar-refractivity contribution >= 4 is 17.7 Å². The Morgan fingerprint density at radius 2 is 1.96 bits per heavy atom. The number of hydrogen-bond acceptors (Lipinski definition) is 6. The van der Waals surface area contributed by atoms with Gasteiger partial charge in [-0.2, -0.15) is 0 Å². The molecule has 0 radical (unpaired) electrons. The van der Waals surface area contributed by atoms with Gasteiger partial charge in [0, 0.05) is 26.2 Å². The van der Waals surface area contributed by atoms with E-state index in [-0.39, 0.29) is 17.5 Å². The van der Waals surface area contributed by atoms with Crippen molar-refractivity contribution < 1.29 is 19.4 Å². The summed E-state index contributed by atoms with van der Waals surface area (Å²) < 4.78 is 5.29. The number of amides is 1. The molecule has 2 fully saturated rings. The van der Waals surface area contributed by atoms with E-state index in [0.29, 0.717) is 38.7 Å². The molecule has 8 heteroatoms. The normalized spacial score (nSPS) is 22.0. The molecular formula is C15H20N4O4. The summed E-state index contributed by atoms with van der Waals surface area (Å²) in [7, 11) is 0. The van der Waals surface area contributed by atoms with Crippen LogP contribution in [0, 0.1) is 5.92 Å². The lowest BCUT2D eigenvalue weighted by molar-refractivity contribution is -0.139. The van der Waals surface area contributed by atoms with Crippen LogP contribution in [0.3, 0.4) is 0 Å². The first-order valence-corrected chi connectivity index (χ1v) is 7.82. The summed E-state index contributed by atoms with van der Waals surface area (Å²) in [5, 5.41) is 8.87. The van der Waals surface area contributed by atoms with Gasteiger partial charge in [-0.25, -0.2) is 14.8 Å². The van der Waals surface area contributed by atoms with Gasteiger partial charge in [-0.05, 0) is 12.8 Å². The molecule has 1 unspecified atom stereocenters. The first-order valence-electron chi connectivity index (χ1n) is 7.82. The van der Waals surface area contributed by atoms with Crippen molar-refractivity contribution in [3.63, 3.8) is 0 Å². The molecule has 3 heterocycles. The molecule has 1 N–H and O–H groups in total. The molecule has 1 aromatic heterocycles. The molecule has 0 aromatic carbocycles. The summed E-state index contributed by atoms with van der Waals surface area (Å²) in [6.45, 7) is 3.91. The molecule has 1 aromatic rings. The van der Waals surface area contributed by atoms with Gasteiger partial charge in [-0.1, -0.05) is 0 Å². The average molecular weight is 320 g/mol. The van der Waals surface area contributed by atoms with Gasteiger partial charge < -0.3 is 19.6 Å². The van der Waals surface area contributed by atoms with Gasteiger partial charge in [0.25, 0.3) is 0 Å². The highest BCUT2D eigenvalue weighted by Gasteiger charge is 2.30. The fourth-order valence-corrected chi connectivity index (χ4v) is 3.02. The van der Waals surface area contributed by atoms with Crippen molar-refractivity contribution in [3.05, 3.63) is 18.1 Å². The zero-order valence-corrected chi connectivity index (χ0v) is 12.8. The first-order chi connectivity index (χ1) is 11.1. The van der Waals surface area contributed by atoms with E-state index in [4.69, 9.17) is 9.84 Å². The predicted octanol–water partition coefficient (Wildman–Crippen LogP) is 0.250. The van der Waals surface area contributed by atoms with Crippen LogP contribution >= 0.6 is 0 Å². The topological polar surface area (TPSA) is 95.9 Å². The fourth-order valence-electron chi connectivity index (χ4n) is 3.02. The molecule has 2 aliphatic rings. The maximum absolute atomic E-state index is 12.6. The van der Waals surface area contributed by atoms with E-state index in [1.165, 1.54) is 12.4 Å². The fraction of sp³-hybridized carbons (Fsp3) is 0.600. The van der Waals surface area contributed by atoms with Crippen molar-refractivity contribution in [1.82, 2.24) is 14.9 Å². The second kappa shape index (κ2) is 6.91. The molecule has 8 nitrogen and oxygen atoms in total. The molecule has 1 atom stereocenters. The molecule has 0 saturated carbocycles. The number of nitrogens with zero attached hydrogens (tertiary/aromatic N) is 4. The van der Waals surface area contributed by atoms with E-state index in [0.717, 1.165) is 19.4 Å². The Morgan fingerprint density at radius 1 is 1.17 bits per heavy atom. The Kier molecular flexibility index (Phi) is 4.71. The number of piperidine rings is 1. The number of carbonyl (C=O) groups is 2. The van der Waals surface area contributed by atoms with Crippen molar-refractivity contribution in [2.24, 2.45) is 5.92 Å². The van der Waals surface area contributed by atoms with E-state index in [9.17, 15) is 9.59 Å². The summed E-state index contributed by atoms with van der Waals surface area (Å²) in [5.41, 5.74) is -0.0771. The van der Waals surface area contributed by atoms with E-state index in [1.807, 2.05) is 9.80 Å². The van der Waals surface area contributed by atoms with Crippen LogP contribution in [-0.4, -0.2) is 71.2 Å². The third kappa shape index (κ3) is 3.58. The third-order valence-electron chi connectivity index (χ3n) is 4.27. The van der Waals surface area contributed by atoms with Gasteiger partial charge in [-0.3, -0.25) is 4.79 Å². The molecule has 3 rings (SSSR count). The van der Waals surface area contributed by atoms with Gasteiger partial charge in [0.15, 0.2) is 5.69 Å². The summed E-state index contributed by atoms with van der Waals surface area (Å²) >= 11 is 0. The van der Waals surface area contributed by atoms with Crippen molar-refractivity contribution in [2.75, 3.05) is 44.3 Å². The summed E-state index contributed by atoms with van der Waals surface area (Å²) in [4.78, 5) is 35.4. The van der Waals surface area contributed by atoms with E-state index >= 15 is 0 Å². The van der Waals surface area contributed by atoms with Crippen LogP contribution in [0.5, 0.6) is 0 Å². The number of carboxylic acid groups (broad SMARTS) is 1. The van der Waals surface area contributed by atoms with Crippen molar-refractivity contribution in [1.29, 1.82) is 0 Å². The Bertz CT molecular complexity index is 571. The Balaban J connectivity index is 1.65. The number of morpholine rings is 1. The van der Waals surface area contributed by atoms with Crippen LogP contribution in [0.15, 0.2) is 12.4 Å². The van der Waals surface area contributed by atoms with Gasteiger partial charge in [0.2, 0.25) is 5.91 Å². The highest BCUT2D eigenvalue weighted by Crippen LogP contribution is 2.23. The minimum atomic E-state index is -1.09. The SMILES string of the molecule is O=C(O)c1cnc(N2CCCC(C(=O)N3CCOCC3)C2)cn1. The van der Waals surface area contributed by atoms with Crippen LogP contribution < -0.4 is 4.90 Å². The number of hydrogen-bond donors (Lipinski definition) is 1. The standard InChI is InChI=1S/C15H20N4O4/c20-14(18-4-6-23-7-5-18)11-2-1-3-19(10-11)13-9-16-12(8-17-13)15(21)22/h8-9,11H,1-7,10H2,(H,21,22). The number of anilines is 1.